The first kappa shape index (κ1) is 23.3. The number of aryl methyl sites for hydroxylation is 1. The van der Waals surface area contributed by atoms with Gasteiger partial charge in [-0.1, -0.05) is 84.4 Å². The molecule has 0 saturated heterocycles. The second-order valence-corrected chi connectivity index (χ2v) is 10.2. The molecular weight excluding hydrogens is 406 g/mol. The smallest absolute Gasteiger partial charge is 0.311 e. The Morgan fingerprint density at radius 2 is 1.64 bits per heavy atom. The Morgan fingerprint density at radius 3 is 2.27 bits per heavy atom. The van der Waals surface area contributed by atoms with Gasteiger partial charge in [-0.25, -0.2) is 0 Å². The van der Waals surface area contributed by atoms with Gasteiger partial charge in [-0.2, -0.15) is 0 Å². The van der Waals surface area contributed by atoms with Crippen molar-refractivity contribution in [2.45, 2.75) is 65.3 Å². The highest BCUT2D eigenvalue weighted by molar-refractivity contribution is 5.76. The molecule has 0 fully saturated rings. The van der Waals surface area contributed by atoms with E-state index in [4.69, 9.17) is 4.74 Å². The number of hydrogen-bond acceptors (Lipinski definition) is 3. The van der Waals surface area contributed by atoms with Crippen LogP contribution in [0.15, 0.2) is 78.9 Å². The molecule has 0 aromatic heterocycles. The molecule has 3 aromatic carbocycles. The summed E-state index contributed by atoms with van der Waals surface area (Å²) in [4.78, 5) is 16.0. The Bertz CT molecular complexity index is 1090. The van der Waals surface area contributed by atoms with E-state index in [0.717, 1.165) is 6.54 Å². The van der Waals surface area contributed by atoms with E-state index in [1.54, 1.807) is 0 Å². The fraction of sp³-hybridized carbons (Fsp3) is 0.367. The summed E-state index contributed by atoms with van der Waals surface area (Å²) in [7, 11) is 0. The molecule has 172 valence electrons. The van der Waals surface area contributed by atoms with Gasteiger partial charge in [-0.15, -0.1) is 0 Å². The van der Waals surface area contributed by atoms with Crippen LogP contribution in [-0.2, 0) is 22.5 Å². The number of nitrogens with zero attached hydrogens (tertiary/aromatic N) is 1. The molecule has 0 bridgehead atoms. The predicted octanol–water partition coefficient (Wildman–Crippen LogP) is 6.81. The van der Waals surface area contributed by atoms with Crippen LogP contribution in [0.2, 0.25) is 0 Å². The lowest BCUT2D eigenvalue weighted by Crippen LogP contribution is -2.39. The number of rotatable bonds is 6. The largest absolute Gasteiger partial charge is 0.460 e. The highest BCUT2D eigenvalue weighted by Gasteiger charge is 2.44. The molecule has 0 spiro atoms. The van der Waals surface area contributed by atoms with Gasteiger partial charge in [0.1, 0.15) is 5.60 Å². The van der Waals surface area contributed by atoms with Crippen LogP contribution in [0.5, 0.6) is 0 Å². The number of benzene rings is 3. The van der Waals surface area contributed by atoms with Crippen molar-refractivity contribution in [3.8, 4) is 0 Å². The summed E-state index contributed by atoms with van der Waals surface area (Å²) in [5.74, 6) is -0.351. The van der Waals surface area contributed by atoms with Crippen LogP contribution in [0.1, 0.15) is 67.6 Å². The van der Waals surface area contributed by atoms with E-state index in [0.29, 0.717) is 6.42 Å². The molecule has 0 unspecified atom stereocenters. The number of carbonyl (C=O) groups excluding carboxylic acids is 1. The first-order valence-corrected chi connectivity index (χ1v) is 11.9. The van der Waals surface area contributed by atoms with E-state index in [2.05, 4.69) is 91.5 Å². The fourth-order valence-corrected chi connectivity index (χ4v) is 4.93. The van der Waals surface area contributed by atoms with E-state index < -0.39 is 5.60 Å². The minimum Gasteiger partial charge on any atom is -0.460 e. The number of hydrogen-bond donors (Lipinski definition) is 0. The lowest BCUT2D eigenvalue weighted by molar-refractivity contribution is -0.162. The van der Waals surface area contributed by atoms with Crippen molar-refractivity contribution in [2.75, 3.05) is 0 Å². The molecule has 0 aliphatic heterocycles. The Kier molecular flexibility index (Phi) is 6.71. The van der Waals surface area contributed by atoms with Crippen LogP contribution in [0.25, 0.3) is 0 Å². The number of esters is 1. The zero-order valence-electron chi connectivity index (χ0n) is 20.4. The van der Waals surface area contributed by atoms with E-state index >= 15 is 0 Å². The first-order chi connectivity index (χ1) is 15.7. The summed E-state index contributed by atoms with van der Waals surface area (Å²) in [6.45, 7) is 11.0. The van der Waals surface area contributed by atoms with Gasteiger partial charge in [0, 0.05) is 18.6 Å². The molecule has 3 nitrogen and oxygen atoms in total. The summed E-state index contributed by atoms with van der Waals surface area (Å²) >= 11 is 0. The summed E-state index contributed by atoms with van der Waals surface area (Å²) < 4.78 is 5.93. The minimum absolute atomic E-state index is 0.0508. The Labute approximate surface area is 198 Å². The predicted molar refractivity (Wildman–Crippen MR) is 134 cm³/mol. The molecular formula is C30H35NO2. The molecule has 3 aromatic rings. The van der Waals surface area contributed by atoms with Crippen molar-refractivity contribution in [3.05, 3.63) is 107 Å². The van der Waals surface area contributed by atoms with Crippen LogP contribution < -0.4 is 0 Å². The zero-order valence-corrected chi connectivity index (χ0v) is 20.4. The highest BCUT2D eigenvalue weighted by Crippen LogP contribution is 2.45. The molecule has 0 heterocycles. The normalized spacial score (nSPS) is 18.7. The van der Waals surface area contributed by atoms with Gasteiger partial charge < -0.3 is 4.74 Å². The highest BCUT2D eigenvalue weighted by atomic mass is 16.6. The quantitative estimate of drug-likeness (QED) is 0.393. The lowest BCUT2D eigenvalue weighted by Gasteiger charge is -2.38. The summed E-state index contributed by atoms with van der Waals surface area (Å²) in [6.07, 6.45) is 0.710. The van der Waals surface area contributed by atoms with Crippen LogP contribution in [0.3, 0.4) is 0 Å². The van der Waals surface area contributed by atoms with Gasteiger partial charge in [-0.3, -0.25) is 9.69 Å². The van der Waals surface area contributed by atoms with Crippen molar-refractivity contribution in [3.63, 3.8) is 0 Å². The monoisotopic (exact) mass is 441 g/mol. The maximum Gasteiger partial charge on any atom is 0.311 e. The Morgan fingerprint density at radius 1 is 1.00 bits per heavy atom. The second kappa shape index (κ2) is 9.52. The van der Waals surface area contributed by atoms with E-state index in [-0.39, 0.29) is 24.0 Å². The summed E-state index contributed by atoms with van der Waals surface area (Å²) in [6, 6.07) is 27.8. The van der Waals surface area contributed by atoms with Crippen molar-refractivity contribution >= 4 is 5.97 Å². The van der Waals surface area contributed by atoms with Gasteiger partial charge >= 0.3 is 5.97 Å². The van der Waals surface area contributed by atoms with Gasteiger partial charge in [0.2, 0.25) is 0 Å². The van der Waals surface area contributed by atoms with Crippen LogP contribution in [-0.4, -0.2) is 16.5 Å². The molecule has 1 aliphatic carbocycles. The molecule has 1 aliphatic rings. The van der Waals surface area contributed by atoms with Crippen LogP contribution in [0, 0.1) is 12.8 Å². The zero-order chi connectivity index (χ0) is 23.6. The van der Waals surface area contributed by atoms with Crippen LogP contribution in [0.4, 0.5) is 0 Å². The number of fused-ring (bicyclic) bond motifs is 1. The van der Waals surface area contributed by atoms with Crippen molar-refractivity contribution in [1.82, 2.24) is 4.90 Å². The SMILES string of the molecule is Cc1ccc2c(c1)[C@@H](N(Cc1ccccc1)[C@H](C)c1ccccc1)[C@H](C(=O)OC(C)(C)C)C2. The van der Waals surface area contributed by atoms with E-state index in [1.165, 1.54) is 27.8 Å². The summed E-state index contributed by atoms with van der Waals surface area (Å²) in [5.41, 5.74) is 5.70. The lowest BCUT2D eigenvalue weighted by atomic mass is 9.93. The van der Waals surface area contributed by atoms with Gasteiger partial charge in [0.05, 0.1) is 5.92 Å². The standard InChI is InChI=1S/C30H35NO2/c1-21-16-17-25-19-27(29(32)33-30(3,4)5)28(26(25)18-21)31(20-23-12-8-6-9-13-23)22(2)24-14-10-7-11-15-24/h6-18,22,27-28H,19-20H2,1-5H3/t22-,27-,28-/m1/s1. The summed E-state index contributed by atoms with van der Waals surface area (Å²) in [5, 5.41) is 0. The fourth-order valence-electron chi connectivity index (χ4n) is 4.93. The number of ether oxygens (including phenoxy) is 1. The maximum absolute atomic E-state index is 13.5. The van der Waals surface area contributed by atoms with Gasteiger partial charge in [0.15, 0.2) is 0 Å². The van der Waals surface area contributed by atoms with Crippen molar-refractivity contribution in [1.29, 1.82) is 0 Å². The van der Waals surface area contributed by atoms with Gasteiger partial charge in [-0.05, 0) is 63.3 Å². The van der Waals surface area contributed by atoms with Crippen LogP contribution >= 0.6 is 0 Å². The third-order valence-corrected chi connectivity index (χ3v) is 6.50. The van der Waals surface area contributed by atoms with E-state index in [1.807, 2.05) is 26.8 Å². The van der Waals surface area contributed by atoms with Crippen molar-refractivity contribution < 1.29 is 9.53 Å². The molecule has 0 amide bonds. The van der Waals surface area contributed by atoms with Crippen molar-refractivity contribution in [2.24, 2.45) is 5.92 Å². The molecule has 0 N–H and O–H groups in total. The molecule has 0 radical (unpaired) electrons. The molecule has 3 heteroatoms. The Hall–Kier alpha value is -2.91. The molecule has 0 saturated carbocycles. The number of carbonyl (C=O) groups is 1. The molecule has 3 atom stereocenters. The Balaban J connectivity index is 1.80. The molecule has 33 heavy (non-hydrogen) atoms. The minimum atomic E-state index is -0.512. The first-order valence-electron chi connectivity index (χ1n) is 11.9. The second-order valence-electron chi connectivity index (χ2n) is 10.2. The topological polar surface area (TPSA) is 29.5 Å². The molecule has 4 rings (SSSR count). The van der Waals surface area contributed by atoms with E-state index in [9.17, 15) is 4.79 Å². The average molecular weight is 442 g/mol. The maximum atomic E-state index is 13.5. The third kappa shape index (κ3) is 5.36. The average Bonchev–Trinajstić information content (AvgIpc) is 3.16. The van der Waals surface area contributed by atoms with Gasteiger partial charge in [0.25, 0.3) is 0 Å². The third-order valence-electron chi connectivity index (χ3n) is 6.50.